The first kappa shape index (κ1) is 56.7. The molecule has 0 aliphatic heterocycles. The molecule has 0 aromatic carbocycles. The van der Waals surface area contributed by atoms with Crippen LogP contribution in [-0.4, -0.2) is 65.7 Å². The number of ether oxygens (including phenoxy) is 2. The molecule has 0 saturated heterocycles. The van der Waals surface area contributed by atoms with Crippen LogP contribution in [0.5, 0.6) is 0 Å². The van der Waals surface area contributed by atoms with Gasteiger partial charge in [0.2, 0.25) is 0 Å². The summed E-state index contributed by atoms with van der Waals surface area (Å²) in [5, 5.41) is 18.3. The third-order valence-corrected chi connectivity index (χ3v) is 10.6. The molecule has 1 unspecified atom stereocenters. The lowest BCUT2D eigenvalue weighted by Gasteiger charge is -2.20. The quantitative estimate of drug-likeness (QED) is 0.0234. The van der Waals surface area contributed by atoms with Crippen LogP contribution in [-0.2, 0) is 32.7 Å². The van der Waals surface area contributed by atoms with Crippen molar-refractivity contribution in [3.05, 3.63) is 60.8 Å². The maximum atomic E-state index is 12.6. The molecule has 0 aliphatic rings. The molecule has 0 heterocycles. The highest BCUT2D eigenvalue weighted by atomic mass is 31.2. The second kappa shape index (κ2) is 43.7. The number of esters is 2. The third-order valence-electron chi connectivity index (χ3n) is 9.66. The molecule has 342 valence electrons. The van der Waals surface area contributed by atoms with Gasteiger partial charge in [-0.2, -0.15) is 0 Å². The zero-order chi connectivity index (χ0) is 43.3. The SMILES string of the molecule is CCCCCCCCC/C=C/C/C=C/C/C=C/C/C=C/CCCC(=O)OC[C@@H](COP(=O)(O)OC[C@H](O)CO)OC(=O)CC/C=C/CCCCCCCCCCCCC. The van der Waals surface area contributed by atoms with Crippen molar-refractivity contribution < 1.29 is 47.8 Å². The van der Waals surface area contributed by atoms with Crippen LogP contribution in [0.2, 0.25) is 0 Å². The van der Waals surface area contributed by atoms with Crippen molar-refractivity contribution in [1.82, 2.24) is 0 Å². The molecular weight excluding hydrogens is 767 g/mol. The number of unbranched alkanes of at least 4 members (excludes halogenated alkanes) is 19. The zero-order valence-electron chi connectivity index (χ0n) is 37.2. The number of hydrogen-bond donors (Lipinski definition) is 3. The van der Waals surface area contributed by atoms with Crippen LogP contribution in [0.15, 0.2) is 60.8 Å². The van der Waals surface area contributed by atoms with Gasteiger partial charge < -0.3 is 24.6 Å². The van der Waals surface area contributed by atoms with Crippen LogP contribution in [0.25, 0.3) is 0 Å². The lowest BCUT2D eigenvalue weighted by atomic mass is 10.1. The molecule has 0 aromatic heterocycles. The largest absolute Gasteiger partial charge is 0.472 e. The van der Waals surface area contributed by atoms with Crippen molar-refractivity contribution in [2.45, 2.75) is 206 Å². The van der Waals surface area contributed by atoms with E-state index in [2.05, 4.69) is 67.0 Å². The summed E-state index contributed by atoms with van der Waals surface area (Å²) in [6.45, 7) is 2.28. The fourth-order valence-corrected chi connectivity index (χ4v) is 6.85. The number of carbonyl (C=O) groups excluding carboxylic acids is 2. The van der Waals surface area contributed by atoms with Crippen LogP contribution in [0, 0.1) is 0 Å². The molecule has 0 saturated carbocycles. The third kappa shape index (κ3) is 43.6. The average Bonchev–Trinajstić information content (AvgIpc) is 3.22. The molecule has 0 aliphatic carbocycles. The Bertz CT molecular complexity index is 1160. The van der Waals surface area contributed by atoms with Gasteiger partial charge in [-0.25, -0.2) is 4.57 Å². The van der Waals surface area contributed by atoms with Crippen molar-refractivity contribution in [3.63, 3.8) is 0 Å². The molecule has 0 amide bonds. The molecule has 11 heteroatoms. The van der Waals surface area contributed by atoms with E-state index in [-0.39, 0.29) is 19.4 Å². The topological polar surface area (TPSA) is 149 Å². The van der Waals surface area contributed by atoms with E-state index in [9.17, 15) is 24.2 Å². The van der Waals surface area contributed by atoms with Crippen molar-refractivity contribution in [2.75, 3.05) is 26.4 Å². The first-order chi connectivity index (χ1) is 28.7. The zero-order valence-corrected chi connectivity index (χ0v) is 38.1. The lowest BCUT2D eigenvalue weighted by Crippen LogP contribution is -2.29. The van der Waals surface area contributed by atoms with Gasteiger partial charge in [-0.3, -0.25) is 18.6 Å². The van der Waals surface area contributed by atoms with E-state index < -0.39 is 51.8 Å². The number of carbonyl (C=O) groups is 2. The summed E-state index contributed by atoms with van der Waals surface area (Å²) in [5.41, 5.74) is 0. The molecule has 10 nitrogen and oxygen atoms in total. The molecule has 0 radical (unpaired) electrons. The number of aliphatic hydroxyl groups is 2. The molecule has 0 aromatic rings. The van der Waals surface area contributed by atoms with Gasteiger partial charge in [0.15, 0.2) is 6.10 Å². The van der Waals surface area contributed by atoms with E-state index in [0.717, 1.165) is 32.1 Å². The Balaban J connectivity index is 4.38. The molecule has 0 spiro atoms. The van der Waals surface area contributed by atoms with E-state index in [1.54, 1.807) is 0 Å². The van der Waals surface area contributed by atoms with E-state index in [0.29, 0.717) is 19.3 Å². The van der Waals surface area contributed by atoms with Crippen LogP contribution >= 0.6 is 7.82 Å². The molecule has 3 N–H and O–H groups in total. The van der Waals surface area contributed by atoms with Crippen LogP contribution < -0.4 is 0 Å². The summed E-state index contributed by atoms with van der Waals surface area (Å²) in [4.78, 5) is 35.0. The highest BCUT2D eigenvalue weighted by Gasteiger charge is 2.27. The fourth-order valence-electron chi connectivity index (χ4n) is 6.06. The molecule has 0 rings (SSSR count). The van der Waals surface area contributed by atoms with Crippen LogP contribution in [0.3, 0.4) is 0 Å². The maximum absolute atomic E-state index is 12.6. The van der Waals surface area contributed by atoms with Gasteiger partial charge in [0.25, 0.3) is 0 Å². The number of rotatable bonds is 43. The Labute approximate surface area is 359 Å². The summed E-state index contributed by atoms with van der Waals surface area (Å²) in [6, 6.07) is 0. The number of aliphatic hydroxyl groups excluding tert-OH is 2. The minimum atomic E-state index is -4.64. The maximum Gasteiger partial charge on any atom is 0.472 e. The molecule has 0 bridgehead atoms. The van der Waals surface area contributed by atoms with Gasteiger partial charge in [0.1, 0.15) is 12.7 Å². The first-order valence-corrected chi connectivity index (χ1v) is 24.7. The summed E-state index contributed by atoms with van der Waals surface area (Å²) in [6.07, 6.45) is 49.3. The molecule has 3 atom stereocenters. The number of phosphoric acid groups is 1. The number of hydrogen-bond acceptors (Lipinski definition) is 9. The second-order valence-electron chi connectivity index (χ2n) is 15.4. The summed E-state index contributed by atoms with van der Waals surface area (Å²) in [7, 11) is -4.64. The summed E-state index contributed by atoms with van der Waals surface area (Å²) >= 11 is 0. The van der Waals surface area contributed by atoms with E-state index in [1.807, 2.05) is 12.2 Å². The minimum absolute atomic E-state index is 0.0877. The lowest BCUT2D eigenvalue weighted by molar-refractivity contribution is -0.161. The van der Waals surface area contributed by atoms with E-state index in [4.69, 9.17) is 19.1 Å². The van der Waals surface area contributed by atoms with Gasteiger partial charge in [-0.15, -0.1) is 0 Å². The Morgan fingerprint density at radius 3 is 1.41 bits per heavy atom. The van der Waals surface area contributed by atoms with Gasteiger partial charge >= 0.3 is 19.8 Å². The fraction of sp³-hybridized carbons (Fsp3) is 0.750. The highest BCUT2D eigenvalue weighted by Crippen LogP contribution is 2.43. The van der Waals surface area contributed by atoms with Crippen molar-refractivity contribution in [1.29, 1.82) is 0 Å². The molecule has 59 heavy (non-hydrogen) atoms. The van der Waals surface area contributed by atoms with Crippen molar-refractivity contribution in [2.24, 2.45) is 0 Å². The average molecular weight is 853 g/mol. The van der Waals surface area contributed by atoms with Crippen LogP contribution in [0.1, 0.15) is 194 Å². The van der Waals surface area contributed by atoms with Gasteiger partial charge in [0.05, 0.1) is 19.8 Å². The van der Waals surface area contributed by atoms with Crippen molar-refractivity contribution in [3.8, 4) is 0 Å². The van der Waals surface area contributed by atoms with E-state index >= 15 is 0 Å². The Morgan fingerprint density at radius 1 is 0.508 bits per heavy atom. The Morgan fingerprint density at radius 2 is 0.915 bits per heavy atom. The smallest absolute Gasteiger partial charge is 0.462 e. The van der Waals surface area contributed by atoms with Gasteiger partial charge in [-0.05, 0) is 64.2 Å². The van der Waals surface area contributed by atoms with E-state index in [1.165, 1.54) is 116 Å². The number of allylic oxidation sites excluding steroid dienone is 10. The van der Waals surface area contributed by atoms with Gasteiger partial charge in [0, 0.05) is 12.8 Å². The second-order valence-corrected chi connectivity index (χ2v) is 16.9. The standard InChI is InChI=1S/C48H85O10P/c1-3-5-7-9-11-13-15-17-19-20-21-22-23-24-26-27-29-31-33-35-37-39-47(51)55-43-46(44-57-59(53,54)56-42-45(50)41-49)58-48(52)40-38-36-34-32-30-28-25-18-16-14-12-10-8-6-4-2/h19-20,22-23,26-27,31,33-34,36,45-46,49-50H,3-18,21,24-25,28-30,32,35,37-44H2,1-2H3,(H,53,54)/b20-19+,23-22+,27-26+,33-31+,36-34+/t45-,46+/m1/s1. The van der Waals surface area contributed by atoms with Gasteiger partial charge in [-0.1, -0.05) is 177 Å². The first-order valence-electron chi connectivity index (χ1n) is 23.2. The predicted molar refractivity (Wildman–Crippen MR) is 242 cm³/mol. The van der Waals surface area contributed by atoms with Crippen LogP contribution in [0.4, 0.5) is 0 Å². The molecular formula is C48H85O10P. The summed E-state index contributed by atoms with van der Waals surface area (Å²) < 4.78 is 32.6. The number of phosphoric ester groups is 1. The minimum Gasteiger partial charge on any atom is -0.462 e. The summed E-state index contributed by atoms with van der Waals surface area (Å²) in [5.74, 6) is -1.05. The Kier molecular flexibility index (Phi) is 42.0. The van der Waals surface area contributed by atoms with Crippen molar-refractivity contribution >= 4 is 19.8 Å². The predicted octanol–water partition coefficient (Wildman–Crippen LogP) is 12.7. The normalized spacial score (nSPS) is 14.3. The monoisotopic (exact) mass is 853 g/mol. The Hall–Kier alpha value is -2.33. The highest BCUT2D eigenvalue weighted by molar-refractivity contribution is 7.47. The molecule has 0 fully saturated rings.